The summed E-state index contributed by atoms with van der Waals surface area (Å²) >= 11 is 0. The Labute approximate surface area is 308 Å². The molecule has 9 aromatic rings. The number of hydrogen-bond donors (Lipinski definition) is 2. The van der Waals surface area contributed by atoms with Gasteiger partial charge in [0.15, 0.2) is 0 Å². The monoisotopic (exact) mass is 679 g/mol. The zero-order valence-electron chi connectivity index (χ0n) is 29.5. The summed E-state index contributed by atoms with van der Waals surface area (Å²) in [6.07, 6.45) is 8.17. The van der Waals surface area contributed by atoms with Crippen LogP contribution in [0.5, 0.6) is 0 Å². The van der Waals surface area contributed by atoms with Crippen LogP contribution in [-0.4, -0.2) is 4.57 Å². The van der Waals surface area contributed by atoms with Crippen molar-refractivity contribution in [2.45, 2.75) is 13.5 Å². The van der Waals surface area contributed by atoms with Gasteiger partial charge in [-0.25, -0.2) is 0 Å². The maximum absolute atomic E-state index is 6.60. The molecule has 252 valence electrons. The summed E-state index contributed by atoms with van der Waals surface area (Å²) in [7, 11) is 0. The quantitative estimate of drug-likeness (QED) is 0.108. The molecule has 3 nitrogen and oxygen atoms in total. The molecule has 0 saturated carbocycles. The van der Waals surface area contributed by atoms with Gasteiger partial charge in [-0.05, 0) is 115 Å². The molecule has 0 fully saturated rings. The van der Waals surface area contributed by atoms with Crippen molar-refractivity contribution in [3.05, 3.63) is 193 Å². The Bertz CT molecular complexity index is 2960. The van der Waals surface area contributed by atoms with Crippen LogP contribution < -0.4 is 11.1 Å². The predicted octanol–water partition coefficient (Wildman–Crippen LogP) is 12.4. The minimum absolute atomic E-state index is 0.671. The highest BCUT2D eigenvalue weighted by atomic mass is 15.0. The second-order valence-corrected chi connectivity index (χ2v) is 13.9. The zero-order valence-corrected chi connectivity index (χ0v) is 29.5. The van der Waals surface area contributed by atoms with Crippen molar-refractivity contribution in [1.29, 1.82) is 0 Å². The van der Waals surface area contributed by atoms with E-state index in [0.29, 0.717) is 6.54 Å². The van der Waals surface area contributed by atoms with Gasteiger partial charge in [0.25, 0.3) is 0 Å². The zero-order chi connectivity index (χ0) is 35.5. The average Bonchev–Trinajstić information content (AvgIpc) is 3.55. The molecular formula is C50H37N3. The number of nitrogens with zero attached hydrogens (tertiary/aromatic N) is 1. The van der Waals surface area contributed by atoms with Crippen molar-refractivity contribution >= 4 is 60.1 Å². The van der Waals surface area contributed by atoms with E-state index in [9.17, 15) is 0 Å². The number of fused-ring (bicyclic) bond motifs is 8. The van der Waals surface area contributed by atoms with E-state index in [-0.39, 0.29) is 0 Å². The summed E-state index contributed by atoms with van der Waals surface area (Å²) in [5.41, 5.74) is 18.0. The smallest absolute Gasteiger partial charge is 0.0584 e. The molecule has 0 bridgehead atoms. The van der Waals surface area contributed by atoms with Crippen LogP contribution in [0.15, 0.2) is 181 Å². The van der Waals surface area contributed by atoms with Gasteiger partial charge in [0, 0.05) is 16.6 Å². The Morgan fingerprint density at radius 3 is 1.91 bits per heavy atom. The van der Waals surface area contributed by atoms with Crippen LogP contribution in [0.25, 0.3) is 88.0 Å². The number of hydrogen-bond acceptors (Lipinski definition) is 2. The van der Waals surface area contributed by atoms with E-state index in [0.717, 1.165) is 17.1 Å². The minimum Gasteiger partial charge on any atom is -0.397 e. The third-order valence-electron chi connectivity index (χ3n) is 10.9. The van der Waals surface area contributed by atoms with Crippen molar-refractivity contribution in [1.82, 2.24) is 9.88 Å². The lowest BCUT2D eigenvalue weighted by atomic mass is 9.83. The summed E-state index contributed by atoms with van der Waals surface area (Å²) < 4.78 is 2.39. The lowest BCUT2D eigenvalue weighted by molar-refractivity contribution is 0.765. The van der Waals surface area contributed by atoms with Crippen molar-refractivity contribution in [2.24, 2.45) is 5.73 Å². The third kappa shape index (κ3) is 4.89. The van der Waals surface area contributed by atoms with Gasteiger partial charge >= 0.3 is 0 Å². The molecule has 2 heterocycles. The fraction of sp³-hybridized carbons (Fsp3) is 0.0400. The van der Waals surface area contributed by atoms with Crippen LogP contribution in [-0.2, 0) is 6.54 Å². The van der Waals surface area contributed by atoms with Crippen LogP contribution >= 0.6 is 0 Å². The second kappa shape index (κ2) is 12.4. The summed E-state index contributed by atoms with van der Waals surface area (Å²) in [6.45, 7) is 2.67. The Balaban J connectivity index is 1.27. The van der Waals surface area contributed by atoms with Gasteiger partial charge in [-0.15, -0.1) is 0 Å². The van der Waals surface area contributed by atoms with Gasteiger partial charge in [0.2, 0.25) is 0 Å². The molecule has 0 radical (unpaired) electrons. The molecule has 0 spiro atoms. The van der Waals surface area contributed by atoms with Gasteiger partial charge in [-0.2, -0.15) is 0 Å². The number of benzene rings is 8. The van der Waals surface area contributed by atoms with Gasteiger partial charge in [0.1, 0.15) is 0 Å². The van der Waals surface area contributed by atoms with Crippen molar-refractivity contribution in [3.8, 4) is 27.9 Å². The third-order valence-corrected chi connectivity index (χ3v) is 10.9. The van der Waals surface area contributed by atoms with E-state index in [1.165, 1.54) is 87.5 Å². The van der Waals surface area contributed by atoms with E-state index in [1.54, 1.807) is 0 Å². The van der Waals surface area contributed by atoms with Crippen LogP contribution in [0.1, 0.15) is 18.2 Å². The average molecular weight is 680 g/mol. The van der Waals surface area contributed by atoms with E-state index < -0.39 is 0 Å². The standard InChI is InChI=1S/C50H37N3/c1-2-3-25-45(51)46-30-43-42-29-33(26-27-47(42)53(48(43)31-52-46)34-16-5-4-6-17-34)49-38-21-11-13-23-40(38)50(41-24-14-12-22-39(41)49)44-28-32-15-7-8-18-35(32)36-19-9-10-20-37(36)44/h2-30,52H,31,51H2,1H3/b3-2-,45-25-. The molecule has 0 atom stereocenters. The molecule has 3 heteroatoms. The second-order valence-electron chi connectivity index (χ2n) is 13.9. The Hall–Kier alpha value is -6.84. The lowest BCUT2D eigenvalue weighted by Gasteiger charge is -2.20. The molecule has 0 amide bonds. The molecule has 3 N–H and O–H groups in total. The maximum atomic E-state index is 6.60. The first-order valence-corrected chi connectivity index (χ1v) is 18.3. The fourth-order valence-electron chi connectivity index (χ4n) is 8.57. The van der Waals surface area contributed by atoms with Crippen LogP contribution in [0, 0.1) is 0 Å². The first kappa shape index (κ1) is 30.9. The van der Waals surface area contributed by atoms with Gasteiger partial charge in [-0.3, -0.25) is 0 Å². The Morgan fingerprint density at radius 1 is 0.604 bits per heavy atom. The summed E-state index contributed by atoms with van der Waals surface area (Å²) in [5.74, 6) is 0. The first-order valence-electron chi connectivity index (χ1n) is 18.3. The topological polar surface area (TPSA) is 43.0 Å². The van der Waals surface area contributed by atoms with Crippen LogP contribution in [0.4, 0.5) is 0 Å². The lowest BCUT2D eigenvalue weighted by Crippen LogP contribution is -2.23. The summed E-state index contributed by atoms with van der Waals surface area (Å²) in [6, 6.07) is 55.6. The largest absolute Gasteiger partial charge is 0.397 e. The van der Waals surface area contributed by atoms with Crippen molar-refractivity contribution in [2.75, 3.05) is 0 Å². The molecule has 1 aromatic heterocycles. The molecule has 8 aromatic carbocycles. The van der Waals surface area contributed by atoms with Crippen molar-refractivity contribution in [3.63, 3.8) is 0 Å². The molecule has 1 aliphatic rings. The fourth-order valence-corrected chi connectivity index (χ4v) is 8.57. The van der Waals surface area contributed by atoms with Crippen LogP contribution in [0.2, 0.25) is 0 Å². The van der Waals surface area contributed by atoms with Crippen molar-refractivity contribution < 1.29 is 0 Å². The molecule has 0 unspecified atom stereocenters. The predicted molar refractivity (Wildman–Crippen MR) is 226 cm³/mol. The van der Waals surface area contributed by atoms with Gasteiger partial charge in [-0.1, -0.05) is 133 Å². The molecule has 53 heavy (non-hydrogen) atoms. The minimum atomic E-state index is 0.671. The highest BCUT2D eigenvalue weighted by Crippen LogP contribution is 2.47. The number of nitrogens with one attached hydrogen (secondary N) is 1. The van der Waals surface area contributed by atoms with E-state index in [4.69, 9.17) is 5.73 Å². The number of rotatable bonds is 5. The molecule has 1 aliphatic heterocycles. The first-order chi connectivity index (χ1) is 26.2. The van der Waals surface area contributed by atoms with E-state index >= 15 is 0 Å². The van der Waals surface area contributed by atoms with E-state index in [1.807, 2.05) is 25.2 Å². The molecular weight excluding hydrogens is 643 g/mol. The Kier molecular flexibility index (Phi) is 7.26. The number of allylic oxidation sites excluding steroid dienone is 3. The molecule has 10 rings (SSSR count). The normalized spacial score (nSPS) is 13.3. The Morgan fingerprint density at radius 2 is 1.21 bits per heavy atom. The highest BCUT2D eigenvalue weighted by molar-refractivity contribution is 6.26. The SMILES string of the molecule is C/C=C\C=C(/N)C1=Cc2c(n(-c3ccccc3)c3ccc(-c4c5ccccc5c(-c5cc6ccccc6c6ccccc56)c5ccccc45)cc23)CN1. The van der Waals surface area contributed by atoms with Gasteiger partial charge < -0.3 is 15.6 Å². The van der Waals surface area contributed by atoms with E-state index in [2.05, 4.69) is 168 Å². The number of para-hydroxylation sites is 1. The number of aromatic nitrogens is 1. The highest BCUT2D eigenvalue weighted by Gasteiger charge is 2.24. The molecule has 0 saturated heterocycles. The molecule has 0 aliphatic carbocycles. The van der Waals surface area contributed by atoms with Gasteiger partial charge in [0.05, 0.1) is 29.1 Å². The maximum Gasteiger partial charge on any atom is 0.0584 e. The number of nitrogens with two attached hydrogens (primary N) is 1. The van der Waals surface area contributed by atoms with Crippen LogP contribution in [0.3, 0.4) is 0 Å². The summed E-state index contributed by atoms with van der Waals surface area (Å²) in [5, 5.41) is 14.9. The summed E-state index contributed by atoms with van der Waals surface area (Å²) in [4.78, 5) is 0.